The second kappa shape index (κ2) is 6.30. The van der Waals surface area contributed by atoms with Gasteiger partial charge in [0.05, 0.1) is 17.9 Å². The zero-order chi connectivity index (χ0) is 19.8. The van der Waals surface area contributed by atoms with Crippen LogP contribution in [-0.4, -0.2) is 58.5 Å². The number of rotatable bonds is 5. The minimum atomic E-state index is -0.991. The summed E-state index contributed by atoms with van der Waals surface area (Å²) in [5, 5.41) is 6.28. The fourth-order valence-corrected chi connectivity index (χ4v) is 6.00. The van der Waals surface area contributed by atoms with Gasteiger partial charge in [-0.15, -0.1) is 0 Å². The van der Waals surface area contributed by atoms with Gasteiger partial charge in [-0.3, -0.25) is 14.4 Å². The van der Waals surface area contributed by atoms with Crippen LogP contribution in [0, 0.1) is 11.8 Å². The Bertz CT molecular complexity index is 783. The van der Waals surface area contributed by atoms with E-state index in [9.17, 15) is 14.4 Å². The molecule has 3 heterocycles. The van der Waals surface area contributed by atoms with E-state index < -0.39 is 29.6 Å². The minimum absolute atomic E-state index is 0.0703. The van der Waals surface area contributed by atoms with Crippen molar-refractivity contribution >= 4 is 17.7 Å². The Kier molecular flexibility index (Phi) is 3.90. The molecule has 6 aliphatic rings. The third kappa shape index (κ3) is 2.69. The van der Waals surface area contributed by atoms with Gasteiger partial charge >= 0.3 is 0 Å². The number of ether oxygens (including phenoxy) is 1. The monoisotopic (exact) mass is 399 g/mol. The summed E-state index contributed by atoms with van der Waals surface area (Å²) in [6.45, 7) is 0. The Morgan fingerprint density at radius 2 is 1.66 bits per heavy atom. The fourth-order valence-electron chi connectivity index (χ4n) is 6.00. The molecular formula is C22H29N3O4. The van der Waals surface area contributed by atoms with Crippen LogP contribution in [0.4, 0.5) is 0 Å². The average Bonchev–Trinajstić information content (AvgIpc) is 3.63. The molecule has 2 saturated heterocycles. The van der Waals surface area contributed by atoms with E-state index in [1.807, 2.05) is 12.2 Å². The molecule has 2 N–H and O–H groups in total. The fraction of sp³-hybridized carbons (Fsp3) is 0.773. The molecule has 0 unspecified atom stereocenters. The molecule has 2 bridgehead atoms. The maximum absolute atomic E-state index is 13.5. The van der Waals surface area contributed by atoms with Crippen LogP contribution in [0.1, 0.15) is 57.8 Å². The number of carbonyl (C=O) groups is 3. The SMILES string of the molecule is O=C(NC1CC1)[C@@H]1[C@H]2C(=O)N(C3CC3)[C@H](C(=O)NC3CCCCC3)[C@]23C=C[C@H]1O3. The van der Waals surface area contributed by atoms with E-state index in [0.717, 1.165) is 51.4 Å². The summed E-state index contributed by atoms with van der Waals surface area (Å²) in [7, 11) is 0. The van der Waals surface area contributed by atoms with Gasteiger partial charge in [-0.2, -0.15) is 0 Å². The summed E-state index contributed by atoms with van der Waals surface area (Å²) in [5.41, 5.74) is -0.991. The first-order valence-electron chi connectivity index (χ1n) is 11.4. The van der Waals surface area contributed by atoms with Crippen LogP contribution in [-0.2, 0) is 19.1 Å². The molecule has 1 spiro atoms. The molecule has 3 amide bonds. The molecule has 6 rings (SSSR count). The van der Waals surface area contributed by atoms with Crippen LogP contribution >= 0.6 is 0 Å². The predicted molar refractivity (Wildman–Crippen MR) is 104 cm³/mol. The van der Waals surface area contributed by atoms with Crippen molar-refractivity contribution in [1.29, 1.82) is 0 Å². The Hall–Kier alpha value is -1.89. The highest BCUT2D eigenvalue weighted by Gasteiger charge is 2.74. The van der Waals surface area contributed by atoms with Gasteiger partial charge in [0.25, 0.3) is 0 Å². The first-order valence-corrected chi connectivity index (χ1v) is 11.4. The van der Waals surface area contributed by atoms with Crippen LogP contribution in [0.25, 0.3) is 0 Å². The molecule has 3 saturated carbocycles. The lowest BCUT2D eigenvalue weighted by Gasteiger charge is -2.34. The molecule has 5 fully saturated rings. The number of fused-ring (bicyclic) bond motifs is 1. The number of nitrogens with one attached hydrogen (secondary N) is 2. The second-order valence-corrected chi connectivity index (χ2v) is 9.80. The third-order valence-corrected chi connectivity index (χ3v) is 7.68. The maximum Gasteiger partial charge on any atom is 0.246 e. The first kappa shape index (κ1) is 17.9. The smallest absolute Gasteiger partial charge is 0.246 e. The van der Waals surface area contributed by atoms with Crippen molar-refractivity contribution in [3.63, 3.8) is 0 Å². The number of likely N-dealkylation sites (tertiary alicyclic amines) is 1. The molecule has 5 atom stereocenters. The number of hydrogen-bond acceptors (Lipinski definition) is 4. The van der Waals surface area contributed by atoms with Gasteiger partial charge in [0, 0.05) is 18.1 Å². The molecule has 3 aliphatic heterocycles. The molecule has 156 valence electrons. The molecule has 0 aromatic rings. The third-order valence-electron chi connectivity index (χ3n) is 7.68. The Labute approximate surface area is 170 Å². The lowest BCUT2D eigenvalue weighted by Crippen LogP contribution is -2.57. The van der Waals surface area contributed by atoms with E-state index in [0.29, 0.717) is 0 Å². The zero-order valence-corrected chi connectivity index (χ0v) is 16.6. The van der Waals surface area contributed by atoms with E-state index in [-0.39, 0.29) is 35.8 Å². The number of hydrogen-bond donors (Lipinski definition) is 2. The van der Waals surface area contributed by atoms with Gasteiger partial charge in [0.2, 0.25) is 17.7 Å². The van der Waals surface area contributed by atoms with Crippen LogP contribution in [0.3, 0.4) is 0 Å². The van der Waals surface area contributed by atoms with Crippen LogP contribution in [0.15, 0.2) is 12.2 Å². The zero-order valence-electron chi connectivity index (χ0n) is 16.6. The molecule has 29 heavy (non-hydrogen) atoms. The quantitative estimate of drug-likeness (QED) is 0.676. The molecule has 0 aromatic carbocycles. The standard InChI is InChI=1S/C22H29N3O4/c26-19(23-13-6-7-13)16-15-10-11-22(29-15)17(16)21(28)25(14-8-9-14)18(22)20(27)24-12-4-2-1-3-5-12/h10-18H,1-9H2,(H,23,26)(H,24,27)/t15-,16+,17+,18-,22+/m1/s1. The Morgan fingerprint density at radius 3 is 2.34 bits per heavy atom. The summed E-state index contributed by atoms with van der Waals surface area (Å²) in [6.07, 6.45) is 12.8. The van der Waals surface area contributed by atoms with Crippen molar-refractivity contribution in [2.24, 2.45) is 11.8 Å². The van der Waals surface area contributed by atoms with E-state index in [1.54, 1.807) is 4.90 Å². The van der Waals surface area contributed by atoms with Gasteiger partial charge in [-0.05, 0) is 38.5 Å². The minimum Gasteiger partial charge on any atom is -0.359 e. The molecule has 0 aromatic heterocycles. The van der Waals surface area contributed by atoms with E-state index in [2.05, 4.69) is 10.6 Å². The van der Waals surface area contributed by atoms with Crippen molar-refractivity contribution in [3.05, 3.63) is 12.2 Å². The van der Waals surface area contributed by atoms with E-state index in [1.165, 1.54) is 6.42 Å². The predicted octanol–water partition coefficient (Wildman–Crippen LogP) is 1.03. The lowest BCUT2D eigenvalue weighted by atomic mass is 9.74. The molecule has 7 nitrogen and oxygen atoms in total. The molecule has 0 radical (unpaired) electrons. The normalized spacial score (nSPS) is 41.0. The summed E-state index contributed by atoms with van der Waals surface area (Å²) in [5.74, 6) is -1.38. The van der Waals surface area contributed by atoms with Crippen LogP contribution in [0.2, 0.25) is 0 Å². The van der Waals surface area contributed by atoms with E-state index >= 15 is 0 Å². The van der Waals surface area contributed by atoms with Crippen molar-refractivity contribution in [3.8, 4) is 0 Å². The van der Waals surface area contributed by atoms with Crippen LogP contribution in [0.5, 0.6) is 0 Å². The lowest BCUT2D eigenvalue weighted by molar-refractivity contribution is -0.142. The molecule has 3 aliphatic carbocycles. The van der Waals surface area contributed by atoms with Crippen molar-refractivity contribution in [1.82, 2.24) is 15.5 Å². The highest BCUT2D eigenvalue weighted by atomic mass is 16.5. The Morgan fingerprint density at radius 1 is 0.966 bits per heavy atom. The largest absolute Gasteiger partial charge is 0.359 e. The summed E-state index contributed by atoms with van der Waals surface area (Å²) in [6, 6.07) is -0.135. The maximum atomic E-state index is 13.5. The van der Waals surface area contributed by atoms with Crippen molar-refractivity contribution in [2.75, 3.05) is 0 Å². The van der Waals surface area contributed by atoms with Gasteiger partial charge < -0.3 is 20.3 Å². The molecule has 7 heteroatoms. The Balaban J connectivity index is 1.31. The van der Waals surface area contributed by atoms with E-state index in [4.69, 9.17) is 4.74 Å². The second-order valence-electron chi connectivity index (χ2n) is 9.80. The van der Waals surface area contributed by atoms with Crippen molar-refractivity contribution < 1.29 is 19.1 Å². The average molecular weight is 399 g/mol. The number of nitrogens with zero attached hydrogens (tertiary/aromatic N) is 1. The van der Waals surface area contributed by atoms with Crippen molar-refractivity contribution in [2.45, 2.75) is 93.7 Å². The number of amides is 3. The summed E-state index contributed by atoms with van der Waals surface area (Å²) < 4.78 is 6.33. The highest BCUT2D eigenvalue weighted by Crippen LogP contribution is 2.57. The number of carbonyl (C=O) groups excluding carboxylic acids is 3. The highest BCUT2D eigenvalue weighted by molar-refractivity contribution is 6.00. The van der Waals surface area contributed by atoms with Gasteiger partial charge in [0.1, 0.15) is 11.6 Å². The van der Waals surface area contributed by atoms with Gasteiger partial charge in [0.15, 0.2) is 0 Å². The first-order chi connectivity index (χ1) is 14.1. The molecular weight excluding hydrogens is 370 g/mol. The topological polar surface area (TPSA) is 87.7 Å². The van der Waals surface area contributed by atoms with Gasteiger partial charge in [-0.25, -0.2) is 0 Å². The van der Waals surface area contributed by atoms with Gasteiger partial charge in [-0.1, -0.05) is 31.4 Å². The summed E-state index contributed by atoms with van der Waals surface area (Å²) >= 11 is 0. The van der Waals surface area contributed by atoms with Crippen LogP contribution < -0.4 is 10.6 Å². The summed E-state index contributed by atoms with van der Waals surface area (Å²) in [4.78, 5) is 41.7.